The van der Waals surface area contributed by atoms with Crippen molar-refractivity contribution < 1.29 is 18.0 Å². The van der Waals surface area contributed by atoms with Crippen molar-refractivity contribution >= 4 is 34.1 Å². The van der Waals surface area contributed by atoms with Crippen LogP contribution in [0.15, 0.2) is 36.7 Å². The zero-order chi connectivity index (χ0) is 25.3. The first-order chi connectivity index (χ1) is 17.3. The highest BCUT2D eigenvalue weighted by molar-refractivity contribution is 6.31. The fraction of sp³-hybridized carbons (Fsp3) is 0.480. The molecule has 36 heavy (non-hydrogen) atoms. The molecule has 7 nitrogen and oxygen atoms in total. The van der Waals surface area contributed by atoms with Crippen molar-refractivity contribution in [3.05, 3.63) is 52.9 Å². The Bertz CT molecular complexity index is 1240. The molecule has 1 amide bonds. The molecule has 2 aromatic heterocycles. The Balaban J connectivity index is 1.27. The predicted octanol–water partition coefficient (Wildman–Crippen LogP) is 5.18. The summed E-state index contributed by atoms with van der Waals surface area (Å²) in [5, 5.41) is 15.1. The zero-order valence-electron chi connectivity index (χ0n) is 19.6. The van der Waals surface area contributed by atoms with Gasteiger partial charge in [0.15, 0.2) is 0 Å². The van der Waals surface area contributed by atoms with Crippen LogP contribution in [0.2, 0.25) is 5.02 Å². The quantitative estimate of drug-likeness (QED) is 0.432. The van der Waals surface area contributed by atoms with E-state index in [1.54, 1.807) is 18.5 Å². The lowest BCUT2D eigenvalue weighted by atomic mass is 9.90. The van der Waals surface area contributed by atoms with Gasteiger partial charge >= 0.3 is 6.18 Å². The number of pyridine rings is 1. The Morgan fingerprint density at radius 1 is 1.14 bits per heavy atom. The maximum absolute atomic E-state index is 13.5. The summed E-state index contributed by atoms with van der Waals surface area (Å²) in [7, 11) is 0. The molecule has 3 heterocycles. The van der Waals surface area contributed by atoms with Crippen LogP contribution >= 0.6 is 11.6 Å². The van der Waals surface area contributed by atoms with Crippen LogP contribution in [0.5, 0.6) is 0 Å². The molecule has 1 saturated carbocycles. The Morgan fingerprint density at radius 2 is 1.97 bits per heavy atom. The number of rotatable bonds is 5. The van der Waals surface area contributed by atoms with E-state index < -0.39 is 11.9 Å². The lowest BCUT2D eigenvalue weighted by Gasteiger charge is -2.31. The molecule has 0 radical (unpaired) electrons. The van der Waals surface area contributed by atoms with E-state index in [4.69, 9.17) is 11.6 Å². The van der Waals surface area contributed by atoms with E-state index in [0.29, 0.717) is 28.1 Å². The third kappa shape index (κ3) is 5.59. The average molecular weight is 521 g/mol. The molecule has 1 aliphatic carbocycles. The van der Waals surface area contributed by atoms with Gasteiger partial charge < -0.3 is 16.0 Å². The lowest BCUT2D eigenvalue weighted by Crippen LogP contribution is -2.41. The van der Waals surface area contributed by atoms with E-state index >= 15 is 0 Å². The van der Waals surface area contributed by atoms with Crippen molar-refractivity contribution in [2.75, 3.05) is 18.4 Å². The van der Waals surface area contributed by atoms with E-state index in [1.807, 2.05) is 4.68 Å². The molecule has 3 N–H and O–H groups in total. The Labute approximate surface area is 211 Å². The zero-order valence-corrected chi connectivity index (χ0v) is 20.4. The molecule has 5 rings (SSSR count). The highest BCUT2D eigenvalue weighted by Crippen LogP contribution is 2.35. The number of nitrogens with one attached hydrogen (secondary N) is 3. The second kappa shape index (κ2) is 10.3. The lowest BCUT2D eigenvalue weighted by molar-refractivity contribution is -0.140. The van der Waals surface area contributed by atoms with Gasteiger partial charge in [0, 0.05) is 40.9 Å². The molecule has 192 valence electrons. The number of hydrogen-bond acceptors (Lipinski definition) is 5. The minimum absolute atomic E-state index is 0.0952. The maximum Gasteiger partial charge on any atom is 0.433 e. The monoisotopic (exact) mass is 520 g/mol. The van der Waals surface area contributed by atoms with Crippen LogP contribution in [0, 0.1) is 0 Å². The van der Waals surface area contributed by atoms with Gasteiger partial charge in [-0.3, -0.25) is 9.48 Å². The third-order valence-corrected chi connectivity index (χ3v) is 7.17. The standard InChI is InChI=1S/C25H28ClF3N6O/c26-16-6-7-21-20(9-16)22(11-23(34-21)25(27,28)29)32-17-3-1-4-18(10-17)33-24(36)15-12-31-35(14-15)19-5-2-8-30-13-19/h6-7,9,11-12,14,17-19,30H,1-5,8,10,13H2,(H,32,34)(H,33,36)/t17-,18+,19?/m0/s1. The number of nitrogens with zero attached hydrogens (tertiary/aromatic N) is 3. The van der Waals surface area contributed by atoms with Crippen LogP contribution in [0.4, 0.5) is 18.9 Å². The molecular weight excluding hydrogens is 493 g/mol. The summed E-state index contributed by atoms with van der Waals surface area (Å²) in [4.78, 5) is 16.7. The molecule has 1 aliphatic heterocycles. The minimum atomic E-state index is -4.56. The van der Waals surface area contributed by atoms with Crippen molar-refractivity contribution in [1.82, 2.24) is 25.4 Å². The van der Waals surface area contributed by atoms with Gasteiger partial charge in [-0.15, -0.1) is 0 Å². The second-order valence-electron chi connectivity index (χ2n) is 9.60. The molecule has 2 fully saturated rings. The number of anilines is 1. The number of amides is 1. The van der Waals surface area contributed by atoms with Crippen molar-refractivity contribution in [1.29, 1.82) is 0 Å². The first-order valence-electron chi connectivity index (χ1n) is 12.3. The van der Waals surface area contributed by atoms with Crippen LogP contribution in [0.3, 0.4) is 0 Å². The second-order valence-corrected chi connectivity index (χ2v) is 10.0. The van der Waals surface area contributed by atoms with Crippen molar-refractivity contribution in [3.8, 4) is 0 Å². The predicted molar refractivity (Wildman–Crippen MR) is 132 cm³/mol. The topological polar surface area (TPSA) is 83.9 Å². The van der Waals surface area contributed by atoms with Crippen LogP contribution in [-0.4, -0.2) is 45.8 Å². The van der Waals surface area contributed by atoms with Crippen LogP contribution in [0.1, 0.15) is 60.6 Å². The van der Waals surface area contributed by atoms with Crippen LogP contribution in [0.25, 0.3) is 10.9 Å². The number of benzene rings is 1. The smallest absolute Gasteiger partial charge is 0.382 e. The van der Waals surface area contributed by atoms with E-state index in [1.165, 1.54) is 12.1 Å². The molecule has 0 spiro atoms. The first kappa shape index (κ1) is 24.8. The molecule has 0 bridgehead atoms. The summed E-state index contributed by atoms with van der Waals surface area (Å²) in [6, 6.07) is 5.72. The summed E-state index contributed by atoms with van der Waals surface area (Å²) in [5.41, 5.74) is 0.127. The molecule has 1 unspecified atom stereocenters. The van der Waals surface area contributed by atoms with Gasteiger partial charge in [-0.05, 0) is 69.3 Å². The van der Waals surface area contributed by atoms with Gasteiger partial charge in [0.05, 0.1) is 23.3 Å². The fourth-order valence-electron chi connectivity index (χ4n) is 5.12. The van der Waals surface area contributed by atoms with Gasteiger partial charge in [-0.1, -0.05) is 11.6 Å². The van der Waals surface area contributed by atoms with Crippen molar-refractivity contribution in [2.45, 2.75) is 62.8 Å². The molecule has 3 atom stereocenters. The minimum Gasteiger partial charge on any atom is -0.382 e. The number of alkyl halides is 3. The fourth-order valence-corrected chi connectivity index (χ4v) is 5.29. The Kier molecular flexibility index (Phi) is 7.07. The average Bonchev–Trinajstić information content (AvgIpc) is 3.35. The highest BCUT2D eigenvalue weighted by Gasteiger charge is 2.34. The number of carbonyl (C=O) groups excluding carboxylic acids is 1. The number of halogens is 4. The third-order valence-electron chi connectivity index (χ3n) is 6.94. The number of hydrogen-bond donors (Lipinski definition) is 3. The summed E-state index contributed by atoms with van der Waals surface area (Å²) in [5.74, 6) is -0.184. The number of fused-ring (bicyclic) bond motifs is 1. The molecule has 2 aliphatic rings. The van der Waals surface area contributed by atoms with Crippen LogP contribution in [-0.2, 0) is 6.18 Å². The van der Waals surface area contributed by atoms with Gasteiger partial charge in [0.2, 0.25) is 0 Å². The van der Waals surface area contributed by atoms with E-state index in [9.17, 15) is 18.0 Å². The van der Waals surface area contributed by atoms with Crippen LogP contribution < -0.4 is 16.0 Å². The normalized spacial score (nSPS) is 22.9. The molecular formula is C25H28ClF3N6O. The maximum atomic E-state index is 13.5. The number of piperidine rings is 1. The Hall–Kier alpha value is -2.85. The number of carbonyl (C=O) groups is 1. The Morgan fingerprint density at radius 3 is 2.75 bits per heavy atom. The summed E-state index contributed by atoms with van der Waals surface area (Å²) in [6.45, 7) is 1.84. The summed E-state index contributed by atoms with van der Waals surface area (Å²) in [6.07, 6.45) is 3.94. The molecule has 3 aromatic rings. The number of aromatic nitrogens is 3. The first-order valence-corrected chi connectivity index (χ1v) is 12.6. The van der Waals surface area contributed by atoms with Gasteiger partial charge in [0.25, 0.3) is 5.91 Å². The van der Waals surface area contributed by atoms with Gasteiger partial charge in [-0.25, -0.2) is 4.98 Å². The largest absolute Gasteiger partial charge is 0.433 e. The summed E-state index contributed by atoms with van der Waals surface area (Å²) < 4.78 is 42.3. The molecule has 11 heteroatoms. The van der Waals surface area contributed by atoms with Crippen molar-refractivity contribution in [3.63, 3.8) is 0 Å². The SMILES string of the molecule is O=C(N[C@@H]1CCC[C@H](Nc2cc(C(F)(F)F)nc3ccc(Cl)cc23)C1)c1cnn(C2CCCNC2)c1. The van der Waals surface area contributed by atoms with Gasteiger partial charge in [-0.2, -0.15) is 18.3 Å². The van der Waals surface area contributed by atoms with E-state index in [0.717, 1.165) is 51.3 Å². The summed E-state index contributed by atoms with van der Waals surface area (Å²) >= 11 is 6.12. The molecule has 1 saturated heterocycles. The van der Waals surface area contributed by atoms with E-state index in [2.05, 4.69) is 26.0 Å². The van der Waals surface area contributed by atoms with Gasteiger partial charge in [0.1, 0.15) is 5.69 Å². The molecule has 1 aromatic carbocycles. The van der Waals surface area contributed by atoms with Crippen molar-refractivity contribution in [2.24, 2.45) is 0 Å². The highest BCUT2D eigenvalue weighted by atomic mass is 35.5. The van der Waals surface area contributed by atoms with E-state index in [-0.39, 0.29) is 29.5 Å².